The first-order chi connectivity index (χ1) is 20.1. The van der Waals surface area contributed by atoms with E-state index >= 15 is 0 Å². The fourth-order valence-electron chi connectivity index (χ4n) is 6.46. The highest BCUT2D eigenvalue weighted by molar-refractivity contribution is 5.73. The molecule has 2 aromatic carbocycles. The Labute approximate surface area is 244 Å². The van der Waals surface area contributed by atoms with Gasteiger partial charge in [-0.05, 0) is 43.5 Å². The van der Waals surface area contributed by atoms with Gasteiger partial charge in [-0.25, -0.2) is 15.0 Å². The summed E-state index contributed by atoms with van der Waals surface area (Å²) in [6, 6.07) is 17.6. The fraction of sp³-hybridized carbons (Fsp3) is 0.500. The summed E-state index contributed by atoms with van der Waals surface area (Å²) in [6.07, 6.45) is 5.87. The summed E-state index contributed by atoms with van der Waals surface area (Å²) < 4.78 is 5.90. The van der Waals surface area contributed by atoms with Crippen molar-refractivity contribution in [1.82, 2.24) is 19.8 Å². The smallest absolute Gasteiger partial charge is 0.158 e. The van der Waals surface area contributed by atoms with Crippen molar-refractivity contribution in [1.29, 1.82) is 0 Å². The molecule has 3 aromatic rings. The van der Waals surface area contributed by atoms with Crippen molar-refractivity contribution >= 4 is 23.0 Å². The number of rotatable bonds is 8. The van der Waals surface area contributed by atoms with Gasteiger partial charge >= 0.3 is 0 Å². The minimum atomic E-state index is 0.125. The Hall–Kier alpha value is -3.40. The van der Waals surface area contributed by atoms with E-state index < -0.39 is 0 Å². The van der Waals surface area contributed by atoms with Gasteiger partial charge in [-0.2, -0.15) is 0 Å². The molecule has 0 bridgehead atoms. The van der Waals surface area contributed by atoms with Gasteiger partial charge in [-0.1, -0.05) is 37.3 Å². The van der Waals surface area contributed by atoms with E-state index in [9.17, 15) is 0 Å². The number of likely N-dealkylation sites (N-methyl/N-ethyl adjacent to an activating group) is 1. The Morgan fingerprint density at radius 3 is 2.46 bits per heavy atom. The third kappa shape index (κ3) is 6.12. The molecule has 1 N–H and O–H groups in total. The second-order valence-electron chi connectivity index (χ2n) is 11.4. The maximum Gasteiger partial charge on any atom is 0.158 e. The van der Waals surface area contributed by atoms with Crippen LogP contribution in [0.1, 0.15) is 43.4 Å². The Kier molecular flexibility index (Phi) is 8.55. The summed E-state index contributed by atoms with van der Waals surface area (Å²) in [7, 11) is 3.97. The molecule has 1 aromatic heterocycles. The van der Waals surface area contributed by atoms with Crippen molar-refractivity contribution in [3.8, 4) is 5.75 Å². The molecule has 218 valence electrons. The van der Waals surface area contributed by atoms with E-state index in [1.54, 1.807) is 13.4 Å². The van der Waals surface area contributed by atoms with Gasteiger partial charge in [0.05, 0.1) is 25.4 Å². The molecular formula is C32H43N7O2. The summed E-state index contributed by atoms with van der Waals surface area (Å²) in [4.78, 5) is 22.8. The van der Waals surface area contributed by atoms with Crippen LogP contribution in [0.3, 0.4) is 0 Å². The highest BCUT2D eigenvalue weighted by Gasteiger charge is 2.30. The molecular weight excluding hydrogens is 514 g/mol. The number of nitrogens with zero attached hydrogens (tertiary/aromatic N) is 6. The van der Waals surface area contributed by atoms with Gasteiger partial charge in [0.15, 0.2) is 5.82 Å². The van der Waals surface area contributed by atoms with Gasteiger partial charge in [-0.15, -0.1) is 0 Å². The number of piperidine rings is 1. The van der Waals surface area contributed by atoms with Crippen molar-refractivity contribution in [2.45, 2.75) is 44.7 Å². The molecule has 9 nitrogen and oxygen atoms in total. The van der Waals surface area contributed by atoms with Crippen LogP contribution in [0.25, 0.3) is 0 Å². The molecule has 9 heteroatoms. The molecule has 3 aliphatic heterocycles. The highest BCUT2D eigenvalue weighted by Crippen LogP contribution is 2.38. The van der Waals surface area contributed by atoms with E-state index in [2.05, 4.69) is 80.4 Å². The van der Waals surface area contributed by atoms with Crippen molar-refractivity contribution in [2.75, 3.05) is 75.3 Å². The van der Waals surface area contributed by atoms with E-state index in [-0.39, 0.29) is 6.04 Å². The predicted octanol–water partition coefficient (Wildman–Crippen LogP) is 4.89. The Bertz CT molecular complexity index is 1290. The minimum absolute atomic E-state index is 0.125. The maximum absolute atomic E-state index is 6.01. The zero-order chi connectivity index (χ0) is 28.2. The molecule has 0 unspecified atom stereocenters. The average Bonchev–Trinajstić information content (AvgIpc) is 3.52. The second-order valence-corrected chi connectivity index (χ2v) is 11.4. The summed E-state index contributed by atoms with van der Waals surface area (Å²) in [5.74, 6) is 2.26. The van der Waals surface area contributed by atoms with Crippen LogP contribution in [0.2, 0.25) is 0 Å². The van der Waals surface area contributed by atoms with Crippen molar-refractivity contribution < 1.29 is 9.57 Å². The Morgan fingerprint density at radius 2 is 1.73 bits per heavy atom. The molecule has 41 heavy (non-hydrogen) atoms. The first-order valence-electron chi connectivity index (χ1n) is 15.1. The topological polar surface area (TPSA) is 69.2 Å². The molecule has 0 amide bonds. The van der Waals surface area contributed by atoms with E-state index in [0.717, 1.165) is 43.2 Å². The lowest BCUT2D eigenvalue weighted by atomic mass is 9.99. The number of aryl methyl sites for hydroxylation is 1. The Balaban J connectivity index is 1.17. The van der Waals surface area contributed by atoms with Crippen LogP contribution in [0.15, 0.2) is 54.9 Å². The number of nitrogens with one attached hydrogen (secondary N) is 1. The van der Waals surface area contributed by atoms with Gasteiger partial charge in [0.2, 0.25) is 0 Å². The molecule has 1 atom stereocenters. The van der Waals surface area contributed by atoms with Gasteiger partial charge in [-0.3, -0.25) is 9.74 Å². The third-order valence-electron chi connectivity index (χ3n) is 8.87. The zero-order valence-electron chi connectivity index (χ0n) is 24.6. The standard InChI is InChI=1S/C32H43N7O2/c1-4-24-20-27(30(40-3)21-29(24)38-13-10-26(11-14-38)37-17-15-36(2)16-18-37)35-31-22-32(34-23-33-31)39-28(12-19-41-39)25-8-6-5-7-9-25/h5-9,20-23,26,28H,4,10-19H2,1-3H3,(H,33,34,35)/t28-/m1/s1. The van der Waals surface area contributed by atoms with Crippen molar-refractivity contribution in [3.05, 3.63) is 66.0 Å². The van der Waals surface area contributed by atoms with E-state index in [1.807, 2.05) is 17.2 Å². The zero-order valence-corrected chi connectivity index (χ0v) is 24.6. The summed E-state index contributed by atoms with van der Waals surface area (Å²) in [5.41, 5.74) is 4.72. The Morgan fingerprint density at radius 1 is 0.951 bits per heavy atom. The molecule has 3 saturated heterocycles. The number of ether oxygens (including phenoxy) is 1. The monoisotopic (exact) mass is 557 g/mol. The number of hydroxylamine groups is 1. The number of methoxy groups -OCH3 is 1. The molecule has 0 radical (unpaired) electrons. The largest absolute Gasteiger partial charge is 0.494 e. The van der Waals surface area contributed by atoms with E-state index in [4.69, 9.17) is 9.57 Å². The van der Waals surface area contributed by atoms with Gasteiger partial charge in [0.1, 0.15) is 17.9 Å². The fourth-order valence-corrected chi connectivity index (χ4v) is 6.46. The van der Waals surface area contributed by atoms with Crippen LogP contribution in [0, 0.1) is 0 Å². The van der Waals surface area contributed by atoms with Gasteiger partial charge in [0.25, 0.3) is 0 Å². The summed E-state index contributed by atoms with van der Waals surface area (Å²) in [5, 5.41) is 5.42. The van der Waals surface area contributed by atoms with Crippen LogP contribution in [-0.2, 0) is 11.3 Å². The number of hydrogen-bond acceptors (Lipinski definition) is 9. The van der Waals surface area contributed by atoms with Gasteiger partial charge in [0, 0.05) is 69.6 Å². The lowest BCUT2D eigenvalue weighted by Gasteiger charge is -2.43. The number of benzene rings is 2. The molecule has 4 heterocycles. The number of hydrogen-bond donors (Lipinski definition) is 1. The van der Waals surface area contributed by atoms with Crippen LogP contribution in [0.4, 0.5) is 23.0 Å². The molecule has 0 spiro atoms. The quantitative estimate of drug-likeness (QED) is 0.417. The van der Waals surface area contributed by atoms with E-state index in [0.29, 0.717) is 18.5 Å². The van der Waals surface area contributed by atoms with Gasteiger partial charge < -0.3 is 19.9 Å². The normalized spacial score (nSPS) is 20.9. The lowest BCUT2D eigenvalue weighted by molar-refractivity contribution is 0.0982. The number of piperazine rings is 1. The maximum atomic E-state index is 6.01. The van der Waals surface area contributed by atoms with Crippen LogP contribution in [0.5, 0.6) is 5.75 Å². The minimum Gasteiger partial charge on any atom is -0.494 e. The molecule has 3 aliphatic rings. The summed E-state index contributed by atoms with van der Waals surface area (Å²) in [6.45, 7) is 9.78. The van der Waals surface area contributed by atoms with Crippen LogP contribution >= 0.6 is 0 Å². The van der Waals surface area contributed by atoms with Crippen molar-refractivity contribution in [2.24, 2.45) is 0 Å². The van der Waals surface area contributed by atoms with Crippen molar-refractivity contribution in [3.63, 3.8) is 0 Å². The average molecular weight is 558 g/mol. The summed E-state index contributed by atoms with van der Waals surface area (Å²) >= 11 is 0. The highest BCUT2D eigenvalue weighted by atomic mass is 16.7. The number of aromatic nitrogens is 2. The lowest BCUT2D eigenvalue weighted by Crippen LogP contribution is -2.52. The molecule has 6 rings (SSSR count). The predicted molar refractivity (Wildman–Crippen MR) is 164 cm³/mol. The SMILES string of the molecule is CCc1cc(Nc2cc(N3OCC[C@@H]3c3ccccc3)ncn2)c(OC)cc1N1CCC(N2CCN(C)CC2)CC1. The second kappa shape index (κ2) is 12.6. The third-order valence-corrected chi connectivity index (χ3v) is 8.87. The first-order valence-corrected chi connectivity index (χ1v) is 15.1. The number of anilines is 4. The van der Waals surface area contributed by atoms with Crippen LogP contribution in [-0.4, -0.2) is 85.8 Å². The molecule has 3 fully saturated rings. The van der Waals surface area contributed by atoms with Crippen LogP contribution < -0.4 is 20.0 Å². The molecule has 0 aliphatic carbocycles. The van der Waals surface area contributed by atoms with E-state index in [1.165, 1.54) is 55.8 Å². The first kappa shape index (κ1) is 27.8. The molecule has 0 saturated carbocycles.